The number of hydrogen-bond acceptors (Lipinski definition) is 5. The molecule has 1 rings (SSSR count). The SMILES string of the molecule is NCC(O)c1cc(F)cc([N+](=O)[O-])c1O. The fourth-order valence-corrected chi connectivity index (χ4v) is 1.13. The van der Waals surface area contributed by atoms with Crippen molar-refractivity contribution in [3.63, 3.8) is 0 Å². The van der Waals surface area contributed by atoms with Gasteiger partial charge in [0.2, 0.25) is 0 Å². The van der Waals surface area contributed by atoms with Crippen LogP contribution in [0.15, 0.2) is 12.1 Å². The summed E-state index contributed by atoms with van der Waals surface area (Å²) in [5.74, 6) is -1.68. The van der Waals surface area contributed by atoms with E-state index in [0.717, 1.165) is 6.07 Å². The van der Waals surface area contributed by atoms with E-state index in [1.165, 1.54) is 0 Å². The average Bonchev–Trinajstić information content (AvgIpc) is 2.19. The van der Waals surface area contributed by atoms with Crippen LogP contribution in [0.4, 0.5) is 10.1 Å². The van der Waals surface area contributed by atoms with Gasteiger partial charge >= 0.3 is 5.69 Å². The molecule has 0 fully saturated rings. The van der Waals surface area contributed by atoms with Gasteiger partial charge < -0.3 is 15.9 Å². The lowest BCUT2D eigenvalue weighted by molar-refractivity contribution is -0.386. The summed E-state index contributed by atoms with van der Waals surface area (Å²) in [7, 11) is 0. The summed E-state index contributed by atoms with van der Waals surface area (Å²) in [6, 6.07) is 1.38. The molecule has 0 aliphatic heterocycles. The number of hydrogen-bond donors (Lipinski definition) is 3. The Labute approximate surface area is 83.9 Å². The van der Waals surface area contributed by atoms with E-state index in [1.807, 2.05) is 0 Å². The molecule has 4 N–H and O–H groups in total. The third-order valence-electron chi connectivity index (χ3n) is 1.86. The van der Waals surface area contributed by atoms with Crippen LogP contribution in [0.2, 0.25) is 0 Å². The van der Waals surface area contributed by atoms with Crippen LogP contribution in [0.25, 0.3) is 0 Å². The zero-order valence-electron chi connectivity index (χ0n) is 7.55. The van der Waals surface area contributed by atoms with Crippen molar-refractivity contribution in [1.29, 1.82) is 0 Å². The molecule has 0 aliphatic rings. The zero-order valence-corrected chi connectivity index (χ0v) is 7.55. The lowest BCUT2D eigenvalue weighted by Crippen LogP contribution is -2.12. The van der Waals surface area contributed by atoms with Crippen molar-refractivity contribution in [1.82, 2.24) is 0 Å². The van der Waals surface area contributed by atoms with Crippen LogP contribution in [0.3, 0.4) is 0 Å². The van der Waals surface area contributed by atoms with Crippen LogP contribution in [0, 0.1) is 15.9 Å². The molecule has 0 aliphatic carbocycles. The Balaban J connectivity index is 3.34. The first kappa shape index (κ1) is 11.3. The minimum atomic E-state index is -1.33. The Morgan fingerprint density at radius 3 is 2.67 bits per heavy atom. The van der Waals surface area contributed by atoms with Crippen molar-refractivity contribution in [3.8, 4) is 5.75 Å². The smallest absolute Gasteiger partial charge is 0.314 e. The highest BCUT2D eigenvalue weighted by Crippen LogP contribution is 2.34. The van der Waals surface area contributed by atoms with E-state index in [2.05, 4.69) is 0 Å². The van der Waals surface area contributed by atoms with Crippen molar-refractivity contribution in [3.05, 3.63) is 33.6 Å². The minimum absolute atomic E-state index is 0.270. The van der Waals surface area contributed by atoms with Gasteiger partial charge in [-0.3, -0.25) is 10.1 Å². The molecule has 0 amide bonds. The summed E-state index contributed by atoms with van der Waals surface area (Å²) in [6.07, 6.45) is -1.33. The van der Waals surface area contributed by atoms with Gasteiger partial charge in [-0.2, -0.15) is 0 Å². The highest BCUT2D eigenvalue weighted by atomic mass is 19.1. The summed E-state index contributed by atoms with van der Waals surface area (Å²) >= 11 is 0. The number of phenolic OH excluding ortho intramolecular Hbond substituents is 1. The Kier molecular flexibility index (Phi) is 3.17. The highest BCUT2D eigenvalue weighted by molar-refractivity contribution is 5.51. The first-order valence-electron chi connectivity index (χ1n) is 4.02. The van der Waals surface area contributed by atoms with Gasteiger partial charge in [0, 0.05) is 12.1 Å². The Hall–Kier alpha value is -1.73. The Bertz CT molecular complexity index is 396. The quantitative estimate of drug-likeness (QED) is 0.501. The lowest BCUT2D eigenvalue weighted by atomic mass is 10.1. The number of benzene rings is 1. The summed E-state index contributed by atoms with van der Waals surface area (Å²) < 4.78 is 12.9. The molecule has 1 unspecified atom stereocenters. The topological polar surface area (TPSA) is 110 Å². The Morgan fingerprint density at radius 1 is 1.60 bits per heavy atom. The van der Waals surface area contributed by atoms with Crippen molar-refractivity contribution in [2.45, 2.75) is 6.10 Å². The second kappa shape index (κ2) is 4.20. The maximum atomic E-state index is 12.9. The maximum Gasteiger partial charge on any atom is 0.314 e. The molecule has 0 aromatic heterocycles. The molecule has 1 aromatic carbocycles. The van der Waals surface area contributed by atoms with Crippen molar-refractivity contribution < 1.29 is 19.5 Å². The fourth-order valence-electron chi connectivity index (χ4n) is 1.13. The summed E-state index contributed by atoms with van der Waals surface area (Å²) in [4.78, 5) is 9.46. The Morgan fingerprint density at radius 2 is 2.20 bits per heavy atom. The highest BCUT2D eigenvalue weighted by Gasteiger charge is 2.22. The molecule has 0 spiro atoms. The van der Waals surface area contributed by atoms with Crippen LogP contribution in [0.5, 0.6) is 5.75 Å². The van der Waals surface area contributed by atoms with Gasteiger partial charge in [-0.15, -0.1) is 0 Å². The number of aliphatic hydroxyl groups excluding tert-OH is 1. The van der Waals surface area contributed by atoms with E-state index in [-0.39, 0.29) is 12.1 Å². The van der Waals surface area contributed by atoms with Gasteiger partial charge in [-0.1, -0.05) is 0 Å². The third-order valence-corrected chi connectivity index (χ3v) is 1.86. The van der Waals surface area contributed by atoms with Crippen LogP contribution < -0.4 is 5.73 Å². The molecule has 15 heavy (non-hydrogen) atoms. The molecule has 7 heteroatoms. The molecule has 0 saturated carbocycles. The average molecular weight is 216 g/mol. The van der Waals surface area contributed by atoms with E-state index < -0.39 is 28.3 Å². The number of nitrogens with two attached hydrogens (primary N) is 1. The predicted octanol–water partition coefficient (Wildman–Crippen LogP) is 0.432. The number of nitrogens with zero attached hydrogens (tertiary/aromatic N) is 1. The van der Waals surface area contributed by atoms with Crippen LogP contribution >= 0.6 is 0 Å². The van der Waals surface area contributed by atoms with Gasteiger partial charge in [0.05, 0.1) is 17.1 Å². The number of nitro groups is 1. The van der Waals surface area contributed by atoms with E-state index in [9.17, 15) is 24.7 Å². The molecular weight excluding hydrogens is 207 g/mol. The van der Waals surface area contributed by atoms with E-state index >= 15 is 0 Å². The van der Waals surface area contributed by atoms with Gasteiger partial charge in [0.1, 0.15) is 5.82 Å². The minimum Gasteiger partial charge on any atom is -0.502 e. The van der Waals surface area contributed by atoms with E-state index in [0.29, 0.717) is 6.07 Å². The normalized spacial score (nSPS) is 12.5. The predicted molar refractivity (Wildman–Crippen MR) is 48.7 cm³/mol. The second-order valence-corrected chi connectivity index (χ2v) is 2.87. The monoisotopic (exact) mass is 216 g/mol. The first-order chi connectivity index (χ1) is 6.97. The van der Waals surface area contributed by atoms with Gasteiger partial charge in [-0.05, 0) is 6.07 Å². The van der Waals surface area contributed by atoms with Crippen molar-refractivity contribution in [2.75, 3.05) is 6.54 Å². The maximum absolute atomic E-state index is 12.9. The molecule has 0 radical (unpaired) electrons. The summed E-state index contributed by atoms with van der Waals surface area (Å²) in [6.45, 7) is -0.270. The van der Waals surface area contributed by atoms with Crippen LogP contribution in [0.1, 0.15) is 11.7 Å². The zero-order chi connectivity index (χ0) is 11.6. The molecule has 1 atom stereocenters. The van der Waals surface area contributed by atoms with Crippen LogP contribution in [-0.4, -0.2) is 21.7 Å². The fraction of sp³-hybridized carbons (Fsp3) is 0.250. The number of halogens is 1. The second-order valence-electron chi connectivity index (χ2n) is 2.87. The molecule has 1 aromatic rings. The standard InChI is InChI=1S/C8H9FN2O4/c9-4-1-5(7(12)3-10)8(13)6(2-4)11(14)15/h1-2,7,12-13H,3,10H2. The number of phenols is 1. The van der Waals surface area contributed by atoms with Gasteiger partial charge in [0.25, 0.3) is 0 Å². The first-order valence-corrected chi connectivity index (χ1v) is 4.02. The molecule has 0 heterocycles. The van der Waals surface area contributed by atoms with Crippen LogP contribution in [-0.2, 0) is 0 Å². The summed E-state index contributed by atoms with van der Waals surface area (Å²) in [5, 5.41) is 29.0. The number of nitro benzene ring substituents is 1. The third kappa shape index (κ3) is 2.20. The van der Waals surface area contributed by atoms with E-state index in [4.69, 9.17) is 5.73 Å². The molecular formula is C8H9FN2O4. The molecule has 0 bridgehead atoms. The molecule has 6 nitrogen and oxygen atoms in total. The molecule has 0 saturated heterocycles. The lowest BCUT2D eigenvalue weighted by Gasteiger charge is -2.10. The number of rotatable bonds is 3. The number of aliphatic hydroxyl groups is 1. The van der Waals surface area contributed by atoms with Crippen molar-refractivity contribution >= 4 is 5.69 Å². The van der Waals surface area contributed by atoms with Gasteiger partial charge in [-0.25, -0.2) is 4.39 Å². The largest absolute Gasteiger partial charge is 0.502 e. The van der Waals surface area contributed by atoms with Gasteiger partial charge in [0.15, 0.2) is 5.75 Å². The van der Waals surface area contributed by atoms with Crippen molar-refractivity contribution in [2.24, 2.45) is 5.73 Å². The molecule has 82 valence electrons. The van der Waals surface area contributed by atoms with E-state index in [1.54, 1.807) is 0 Å². The number of aromatic hydroxyl groups is 1. The summed E-state index contributed by atoms with van der Waals surface area (Å²) in [5.41, 5.74) is 4.01.